The second-order valence-corrected chi connectivity index (χ2v) is 8.90. The molecule has 0 radical (unpaired) electrons. The second-order valence-electron chi connectivity index (χ2n) is 8.08. The zero-order valence-corrected chi connectivity index (χ0v) is 18.5. The number of H-pyrrole nitrogens is 1. The minimum absolute atomic E-state index is 0.0303. The van der Waals surface area contributed by atoms with Gasteiger partial charge in [0.05, 0.1) is 0 Å². The Hall–Kier alpha value is -2.44. The molecule has 1 heterocycles. The first-order valence-corrected chi connectivity index (χ1v) is 11.0. The third-order valence-corrected chi connectivity index (χ3v) is 6.54. The highest BCUT2D eigenvalue weighted by atomic mass is 35.5. The quantitative estimate of drug-likeness (QED) is 0.518. The van der Waals surface area contributed by atoms with Crippen molar-refractivity contribution in [3.05, 3.63) is 69.5 Å². The summed E-state index contributed by atoms with van der Waals surface area (Å²) in [5.74, 6) is 0.605. The van der Waals surface area contributed by atoms with Gasteiger partial charge in [0.2, 0.25) is 5.91 Å². The van der Waals surface area contributed by atoms with E-state index >= 15 is 0 Å². The number of halogens is 1. The molecule has 0 aliphatic heterocycles. The van der Waals surface area contributed by atoms with Crippen LogP contribution in [0.15, 0.2) is 48.5 Å². The van der Waals surface area contributed by atoms with Crippen LogP contribution < -0.4 is 5.32 Å². The predicted molar refractivity (Wildman–Crippen MR) is 122 cm³/mol. The normalized spacial score (nSPS) is 15.3. The average Bonchev–Trinajstić information content (AvgIpc) is 3.35. The molecule has 1 saturated carbocycles. The van der Waals surface area contributed by atoms with Crippen LogP contribution in [0.5, 0.6) is 0 Å². The van der Waals surface area contributed by atoms with Gasteiger partial charge in [-0.1, -0.05) is 60.3 Å². The molecule has 1 fully saturated rings. The third kappa shape index (κ3) is 4.35. The molecule has 1 aliphatic carbocycles. The predicted octanol–water partition coefficient (Wildman–Crippen LogP) is 5.20. The highest BCUT2D eigenvalue weighted by Gasteiger charge is 2.35. The van der Waals surface area contributed by atoms with E-state index in [1.54, 1.807) is 4.57 Å². The van der Waals surface area contributed by atoms with Crippen molar-refractivity contribution in [2.45, 2.75) is 44.6 Å². The largest absolute Gasteiger partial charge is 0.354 e. The first-order valence-electron chi connectivity index (χ1n) is 10.2. The van der Waals surface area contributed by atoms with Gasteiger partial charge in [-0.15, -0.1) is 0 Å². The molecule has 0 atom stereocenters. The zero-order valence-electron chi connectivity index (χ0n) is 17.0. The van der Waals surface area contributed by atoms with E-state index in [-0.39, 0.29) is 17.9 Å². The van der Waals surface area contributed by atoms with Crippen molar-refractivity contribution in [3.8, 4) is 11.4 Å². The molecule has 0 spiro atoms. The number of carbonyl (C=O) groups is 1. The maximum Gasteiger partial charge on any atom is 0.240 e. The Morgan fingerprint density at radius 3 is 2.67 bits per heavy atom. The van der Waals surface area contributed by atoms with Gasteiger partial charge in [0.25, 0.3) is 0 Å². The standard InChI is InChI=1S/C23H25ClN4OS/c1-16-5-4-6-17(13-16)21-26-27-22(30)28(21)14-20(29)25-15-23(11-2-3-12-23)18-7-9-19(24)10-8-18/h4-10,13H,2-3,11-12,14-15H2,1H3,(H,25,29)(H,27,30). The van der Waals surface area contributed by atoms with Crippen LogP contribution in [0.3, 0.4) is 0 Å². The molecule has 3 aromatic rings. The molecule has 2 aromatic carbocycles. The van der Waals surface area contributed by atoms with E-state index in [9.17, 15) is 4.79 Å². The van der Waals surface area contributed by atoms with E-state index < -0.39 is 0 Å². The Morgan fingerprint density at radius 1 is 1.23 bits per heavy atom. The summed E-state index contributed by atoms with van der Waals surface area (Å²) in [5, 5.41) is 11.0. The summed E-state index contributed by atoms with van der Waals surface area (Å²) >= 11 is 11.4. The molecular formula is C23H25ClN4OS. The van der Waals surface area contributed by atoms with Gasteiger partial charge in [-0.3, -0.25) is 14.5 Å². The molecule has 0 bridgehead atoms. The highest BCUT2D eigenvalue weighted by Crippen LogP contribution is 2.41. The van der Waals surface area contributed by atoms with Gasteiger partial charge in [0.15, 0.2) is 10.6 Å². The summed E-state index contributed by atoms with van der Waals surface area (Å²) < 4.78 is 2.19. The molecule has 1 aromatic heterocycles. The van der Waals surface area contributed by atoms with Crippen LogP contribution in [0, 0.1) is 11.7 Å². The van der Waals surface area contributed by atoms with Crippen LogP contribution in [0.25, 0.3) is 11.4 Å². The van der Waals surface area contributed by atoms with Crippen LogP contribution in [0.2, 0.25) is 5.02 Å². The van der Waals surface area contributed by atoms with Gasteiger partial charge in [-0.05, 0) is 55.7 Å². The fourth-order valence-corrected chi connectivity index (χ4v) is 4.68. The fraction of sp³-hybridized carbons (Fsp3) is 0.348. The molecule has 1 amide bonds. The number of nitrogens with zero attached hydrogens (tertiary/aromatic N) is 2. The smallest absolute Gasteiger partial charge is 0.240 e. The number of nitrogens with one attached hydrogen (secondary N) is 2. The van der Waals surface area contributed by atoms with Crippen molar-refractivity contribution in [2.75, 3.05) is 6.54 Å². The molecule has 7 heteroatoms. The number of carbonyl (C=O) groups excluding carboxylic acids is 1. The molecule has 4 rings (SSSR count). The van der Waals surface area contributed by atoms with Crippen molar-refractivity contribution >= 4 is 29.7 Å². The van der Waals surface area contributed by atoms with Gasteiger partial charge in [-0.25, -0.2) is 0 Å². The molecule has 0 unspecified atom stereocenters. The van der Waals surface area contributed by atoms with Gasteiger partial charge in [-0.2, -0.15) is 5.10 Å². The van der Waals surface area contributed by atoms with E-state index in [1.165, 1.54) is 18.4 Å². The summed E-state index contributed by atoms with van der Waals surface area (Å²) in [6, 6.07) is 16.0. The fourth-order valence-electron chi connectivity index (χ4n) is 4.36. The maximum absolute atomic E-state index is 12.9. The molecule has 1 aliphatic rings. The van der Waals surface area contributed by atoms with E-state index in [0.717, 1.165) is 29.0 Å². The maximum atomic E-state index is 12.9. The lowest BCUT2D eigenvalue weighted by molar-refractivity contribution is -0.121. The monoisotopic (exact) mass is 440 g/mol. The molecule has 5 nitrogen and oxygen atoms in total. The second kappa shape index (κ2) is 8.74. The number of benzene rings is 2. The molecule has 30 heavy (non-hydrogen) atoms. The lowest BCUT2D eigenvalue weighted by Gasteiger charge is -2.30. The Morgan fingerprint density at radius 2 is 1.97 bits per heavy atom. The van der Waals surface area contributed by atoms with Gasteiger partial charge in [0, 0.05) is 22.5 Å². The van der Waals surface area contributed by atoms with E-state index in [0.29, 0.717) is 17.1 Å². The SMILES string of the molecule is Cc1cccc(-c2n[nH]c(=S)n2CC(=O)NCC2(c3ccc(Cl)cc3)CCCC2)c1. The van der Waals surface area contributed by atoms with Crippen LogP contribution >= 0.6 is 23.8 Å². The Balaban J connectivity index is 1.50. The average molecular weight is 441 g/mol. The van der Waals surface area contributed by atoms with Crippen molar-refractivity contribution in [2.24, 2.45) is 0 Å². The van der Waals surface area contributed by atoms with Crippen molar-refractivity contribution in [1.82, 2.24) is 20.1 Å². The summed E-state index contributed by atoms with van der Waals surface area (Å²) in [5.41, 5.74) is 3.27. The van der Waals surface area contributed by atoms with Crippen LogP contribution in [-0.2, 0) is 16.8 Å². The third-order valence-electron chi connectivity index (χ3n) is 5.98. The van der Waals surface area contributed by atoms with E-state index in [2.05, 4.69) is 27.6 Å². The first kappa shape index (κ1) is 20.8. The number of aromatic nitrogens is 3. The number of hydrogen-bond acceptors (Lipinski definition) is 3. The summed E-state index contributed by atoms with van der Waals surface area (Å²) in [7, 11) is 0. The number of amides is 1. The van der Waals surface area contributed by atoms with Gasteiger partial charge >= 0.3 is 0 Å². The zero-order chi connectivity index (χ0) is 21.1. The number of aromatic amines is 1. The Labute approximate surface area is 186 Å². The number of aryl methyl sites for hydroxylation is 1. The van der Waals surface area contributed by atoms with Crippen molar-refractivity contribution in [1.29, 1.82) is 0 Å². The van der Waals surface area contributed by atoms with Crippen LogP contribution in [0.1, 0.15) is 36.8 Å². The lowest BCUT2D eigenvalue weighted by atomic mass is 9.79. The summed E-state index contributed by atoms with van der Waals surface area (Å²) in [6.45, 7) is 2.77. The molecule has 2 N–H and O–H groups in total. The molecular weight excluding hydrogens is 416 g/mol. The number of rotatable bonds is 6. The minimum Gasteiger partial charge on any atom is -0.354 e. The van der Waals surface area contributed by atoms with E-state index in [1.807, 2.05) is 43.3 Å². The minimum atomic E-state index is -0.0679. The van der Waals surface area contributed by atoms with Crippen molar-refractivity contribution in [3.63, 3.8) is 0 Å². The highest BCUT2D eigenvalue weighted by molar-refractivity contribution is 7.71. The Bertz CT molecular complexity index is 1100. The van der Waals surface area contributed by atoms with E-state index in [4.69, 9.17) is 23.8 Å². The Kier molecular flexibility index (Phi) is 6.06. The molecule has 156 valence electrons. The summed E-state index contributed by atoms with van der Waals surface area (Å²) in [4.78, 5) is 12.9. The lowest BCUT2D eigenvalue weighted by Crippen LogP contribution is -2.40. The first-order chi connectivity index (χ1) is 14.5. The number of hydrogen-bond donors (Lipinski definition) is 2. The van der Waals surface area contributed by atoms with Crippen LogP contribution in [0.4, 0.5) is 0 Å². The van der Waals surface area contributed by atoms with Crippen LogP contribution in [-0.4, -0.2) is 27.2 Å². The molecule has 0 saturated heterocycles. The van der Waals surface area contributed by atoms with Gasteiger partial charge < -0.3 is 5.32 Å². The summed E-state index contributed by atoms with van der Waals surface area (Å²) in [6.07, 6.45) is 4.47. The van der Waals surface area contributed by atoms with Gasteiger partial charge in [0.1, 0.15) is 6.54 Å². The van der Waals surface area contributed by atoms with Crippen molar-refractivity contribution < 1.29 is 4.79 Å². The topological polar surface area (TPSA) is 62.7 Å².